The fourth-order valence-corrected chi connectivity index (χ4v) is 1.48. The van der Waals surface area contributed by atoms with Gasteiger partial charge in [-0.25, -0.2) is 0 Å². The summed E-state index contributed by atoms with van der Waals surface area (Å²) in [5.74, 6) is 0.172. The topological polar surface area (TPSA) is 70.4 Å². The van der Waals surface area contributed by atoms with Gasteiger partial charge in [0, 0.05) is 0 Å². The van der Waals surface area contributed by atoms with Crippen molar-refractivity contribution in [1.29, 1.82) is 0 Å². The van der Waals surface area contributed by atoms with Crippen LogP contribution in [0.5, 0.6) is 5.75 Å². The van der Waals surface area contributed by atoms with Crippen LogP contribution in [0, 0.1) is 0 Å². The molecule has 1 aromatic heterocycles. The summed E-state index contributed by atoms with van der Waals surface area (Å²) in [4.78, 5) is 0. The van der Waals surface area contributed by atoms with Crippen LogP contribution < -0.4 is 5.43 Å². The Morgan fingerprint density at radius 1 is 1.33 bits per heavy atom. The van der Waals surface area contributed by atoms with Crippen LogP contribution in [0.15, 0.2) is 35.6 Å². The van der Waals surface area contributed by atoms with E-state index in [0.717, 1.165) is 5.56 Å². The second kappa shape index (κ2) is 5.66. The van der Waals surface area contributed by atoms with Crippen molar-refractivity contribution < 1.29 is 5.11 Å². The highest BCUT2D eigenvalue weighted by atomic mass is 35.5. The third-order valence-corrected chi connectivity index (χ3v) is 2.76. The van der Waals surface area contributed by atoms with Crippen molar-refractivity contribution >= 4 is 35.1 Å². The van der Waals surface area contributed by atoms with Crippen molar-refractivity contribution in [2.45, 2.75) is 0 Å². The highest BCUT2D eigenvalue weighted by Crippen LogP contribution is 2.26. The van der Waals surface area contributed by atoms with Gasteiger partial charge in [0.2, 0.25) is 0 Å². The van der Waals surface area contributed by atoms with Gasteiger partial charge in [-0.05, 0) is 17.7 Å². The molecule has 0 atom stereocenters. The predicted octanol–water partition coefficient (Wildman–Crippen LogP) is 2.94. The molecule has 1 heterocycles. The lowest BCUT2D eigenvalue weighted by atomic mass is 10.2. The molecule has 18 heavy (non-hydrogen) atoms. The second-order valence-electron chi connectivity index (χ2n) is 3.33. The van der Waals surface area contributed by atoms with E-state index in [1.165, 1.54) is 12.4 Å². The van der Waals surface area contributed by atoms with Crippen LogP contribution >= 0.6 is 23.2 Å². The summed E-state index contributed by atoms with van der Waals surface area (Å²) in [7, 11) is 0. The van der Waals surface area contributed by atoms with Crippen molar-refractivity contribution in [2.75, 3.05) is 5.43 Å². The Morgan fingerprint density at radius 2 is 2.17 bits per heavy atom. The maximum absolute atomic E-state index is 9.27. The maximum Gasteiger partial charge on any atom is 0.172 e. The van der Waals surface area contributed by atoms with E-state index in [1.807, 2.05) is 0 Å². The van der Waals surface area contributed by atoms with Gasteiger partial charge >= 0.3 is 0 Å². The van der Waals surface area contributed by atoms with E-state index in [1.54, 1.807) is 24.3 Å². The average molecular weight is 283 g/mol. The number of halogens is 2. The molecule has 2 N–H and O–H groups in total. The first-order chi connectivity index (χ1) is 8.66. The second-order valence-corrected chi connectivity index (χ2v) is 4.06. The lowest BCUT2D eigenvalue weighted by Crippen LogP contribution is -1.94. The summed E-state index contributed by atoms with van der Waals surface area (Å²) in [6.45, 7) is 0. The van der Waals surface area contributed by atoms with Crippen LogP contribution in [0.4, 0.5) is 5.69 Å². The van der Waals surface area contributed by atoms with E-state index in [9.17, 15) is 5.11 Å². The molecule has 0 aliphatic heterocycles. The van der Waals surface area contributed by atoms with Crippen LogP contribution in [-0.2, 0) is 0 Å². The van der Waals surface area contributed by atoms with Gasteiger partial charge in [-0.2, -0.15) is 10.2 Å². The Bertz CT molecular complexity index is 589. The van der Waals surface area contributed by atoms with Crippen molar-refractivity contribution in [3.05, 3.63) is 46.2 Å². The molecule has 0 unspecified atom stereocenters. The number of rotatable bonds is 3. The Hall–Kier alpha value is -1.85. The smallest absolute Gasteiger partial charge is 0.172 e. The molecule has 1 aromatic carbocycles. The van der Waals surface area contributed by atoms with Crippen molar-refractivity contribution in [3.63, 3.8) is 0 Å². The zero-order chi connectivity index (χ0) is 13.0. The molecule has 0 aliphatic carbocycles. The molecular formula is C11H8Cl2N4O. The number of anilines is 1. The summed E-state index contributed by atoms with van der Waals surface area (Å²) < 4.78 is 0. The summed E-state index contributed by atoms with van der Waals surface area (Å²) in [6, 6.07) is 6.66. The van der Waals surface area contributed by atoms with E-state index < -0.39 is 0 Å². The van der Waals surface area contributed by atoms with Gasteiger partial charge in [-0.1, -0.05) is 35.3 Å². The maximum atomic E-state index is 9.27. The monoisotopic (exact) mass is 282 g/mol. The number of nitrogens with zero attached hydrogens (tertiary/aromatic N) is 3. The van der Waals surface area contributed by atoms with Crippen molar-refractivity contribution in [1.82, 2.24) is 10.2 Å². The van der Waals surface area contributed by atoms with Crippen LogP contribution in [-0.4, -0.2) is 21.5 Å². The summed E-state index contributed by atoms with van der Waals surface area (Å²) >= 11 is 11.6. The van der Waals surface area contributed by atoms with Crippen LogP contribution in [0.1, 0.15) is 5.56 Å². The number of phenolic OH excluding ortho intramolecular Hbond substituents is 1. The van der Waals surface area contributed by atoms with Crippen molar-refractivity contribution in [3.8, 4) is 5.75 Å². The summed E-state index contributed by atoms with van der Waals surface area (Å²) in [5.41, 5.74) is 3.88. The van der Waals surface area contributed by atoms with E-state index in [4.69, 9.17) is 23.2 Å². The van der Waals surface area contributed by atoms with Crippen LogP contribution in [0.2, 0.25) is 10.2 Å². The van der Waals surface area contributed by atoms with Gasteiger partial charge in [0.15, 0.2) is 5.15 Å². The summed E-state index contributed by atoms with van der Waals surface area (Å²) in [6.07, 6.45) is 2.94. The van der Waals surface area contributed by atoms with Gasteiger partial charge in [0.1, 0.15) is 10.8 Å². The predicted molar refractivity (Wildman–Crippen MR) is 71.4 cm³/mol. The van der Waals surface area contributed by atoms with Gasteiger partial charge in [-0.15, -0.1) is 5.10 Å². The minimum Gasteiger partial charge on any atom is -0.508 e. The summed E-state index contributed by atoms with van der Waals surface area (Å²) in [5, 5.41) is 20.8. The van der Waals surface area contributed by atoms with Gasteiger partial charge in [0.05, 0.1) is 18.1 Å². The first-order valence-corrected chi connectivity index (χ1v) is 5.67. The molecule has 7 heteroatoms. The number of nitrogens with one attached hydrogen (secondary N) is 1. The molecule has 0 saturated heterocycles. The molecule has 2 rings (SSSR count). The number of aromatic hydroxyl groups is 1. The number of aromatic nitrogens is 2. The Labute approximate surface area is 113 Å². The lowest BCUT2D eigenvalue weighted by Gasteiger charge is -2.02. The highest BCUT2D eigenvalue weighted by Gasteiger charge is 2.04. The third kappa shape index (κ3) is 3.09. The molecule has 0 fully saturated rings. The zero-order valence-electron chi connectivity index (χ0n) is 9.01. The van der Waals surface area contributed by atoms with Gasteiger partial charge in [-0.3, -0.25) is 5.43 Å². The third-order valence-electron chi connectivity index (χ3n) is 2.02. The molecule has 0 aliphatic rings. The fourth-order valence-electron chi connectivity index (χ4n) is 1.21. The first kappa shape index (κ1) is 12.6. The molecule has 0 spiro atoms. The van der Waals surface area contributed by atoms with Crippen molar-refractivity contribution in [2.24, 2.45) is 5.10 Å². The minimum absolute atomic E-state index is 0.106. The fraction of sp³-hybridized carbons (Fsp3) is 0. The first-order valence-electron chi connectivity index (χ1n) is 4.91. The average Bonchev–Trinajstić information content (AvgIpc) is 2.35. The number of phenols is 1. The normalized spacial score (nSPS) is 10.8. The zero-order valence-corrected chi connectivity index (χ0v) is 10.5. The molecule has 0 radical (unpaired) electrons. The van der Waals surface area contributed by atoms with E-state index in [2.05, 4.69) is 20.7 Å². The van der Waals surface area contributed by atoms with Gasteiger partial charge < -0.3 is 5.11 Å². The molecule has 0 saturated carbocycles. The highest BCUT2D eigenvalue weighted by molar-refractivity contribution is 6.42. The molecular weight excluding hydrogens is 275 g/mol. The van der Waals surface area contributed by atoms with E-state index in [0.29, 0.717) is 5.69 Å². The molecule has 0 bridgehead atoms. The molecule has 2 aromatic rings. The number of benzene rings is 1. The number of hydrazone groups is 1. The molecule has 92 valence electrons. The lowest BCUT2D eigenvalue weighted by molar-refractivity contribution is 0.475. The Morgan fingerprint density at radius 3 is 2.94 bits per heavy atom. The minimum atomic E-state index is 0.106. The number of hydrogen-bond acceptors (Lipinski definition) is 5. The standard InChI is InChI=1S/C11H8Cl2N4O/c12-10-9(6-15-17-11(10)13)16-14-5-7-2-1-3-8(18)4-7/h1-6,18H,(H,16,17)/b14-5+. The SMILES string of the molecule is Oc1cccc(/C=N/Nc2cnnc(Cl)c2Cl)c1. The Balaban J connectivity index is 2.10. The Kier molecular flexibility index (Phi) is 3.96. The quantitative estimate of drug-likeness (QED) is 0.671. The largest absolute Gasteiger partial charge is 0.508 e. The van der Waals surface area contributed by atoms with Gasteiger partial charge in [0.25, 0.3) is 0 Å². The van der Waals surface area contributed by atoms with E-state index >= 15 is 0 Å². The number of hydrogen-bond donors (Lipinski definition) is 2. The van der Waals surface area contributed by atoms with Crippen LogP contribution in [0.25, 0.3) is 0 Å². The van der Waals surface area contributed by atoms with E-state index in [-0.39, 0.29) is 15.9 Å². The van der Waals surface area contributed by atoms with Crippen LogP contribution in [0.3, 0.4) is 0 Å². The molecule has 5 nitrogen and oxygen atoms in total. The molecule has 0 amide bonds.